The molecular weight excluding hydrogens is 407 g/mol. The second-order valence-corrected chi connectivity index (χ2v) is 9.64. The summed E-state index contributed by atoms with van der Waals surface area (Å²) >= 11 is 0. The van der Waals surface area contributed by atoms with E-state index in [2.05, 4.69) is 33.7 Å². The monoisotopic (exact) mass is 436 g/mol. The van der Waals surface area contributed by atoms with Gasteiger partial charge in [-0.3, -0.25) is 4.90 Å². The molecule has 1 aromatic carbocycles. The van der Waals surface area contributed by atoms with Gasteiger partial charge < -0.3 is 9.64 Å². The Kier molecular flexibility index (Phi) is 7.25. The predicted molar refractivity (Wildman–Crippen MR) is 114 cm³/mol. The average Bonchev–Trinajstić information content (AvgIpc) is 2.73. The molecule has 164 valence electrons. The Morgan fingerprint density at radius 1 is 1.23 bits per heavy atom. The van der Waals surface area contributed by atoms with E-state index in [9.17, 15) is 12.8 Å². The Balaban J connectivity index is 1.45. The quantitative estimate of drug-likeness (QED) is 0.629. The van der Waals surface area contributed by atoms with Gasteiger partial charge in [0, 0.05) is 50.4 Å². The zero-order valence-corrected chi connectivity index (χ0v) is 18.5. The minimum atomic E-state index is -3.58. The molecule has 0 spiro atoms. The van der Waals surface area contributed by atoms with Crippen LogP contribution in [0, 0.1) is 5.82 Å². The molecule has 1 aromatic heterocycles. The fourth-order valence-corrected chi connectivity index (χ4v) is 4.29. The van der Waals surface area contributed by atoms with Crippen LogP contribution in [0.2, 0.25) is 0 Å². The van der Waals surface area contributed by atoms with Crippen molar-refractivity contribution in [3.8, 4) is 5.75 Å². The van der Waals surface area contributed by atoms with Crippen LogP contribution < -0.4 is 9.64 Å². The fraction of sp³-hybridized carbons (Fsp3) is 0.524. The van der Waals surface area contributed by atoms with Crippen molar-refractivity contribution in [2.75, 3.05) is 44.4 Å². The van der Waals surface area contributed by atoms with Gasteiger partial charge in [0.15, 0.2) is 9.84 Å². The lowest BCUT2D eigenvalue weighted by Crippen LogP contribution is -2.45. The number of benzene rings is 1. The molecule has 0 unspecified atom stereocenters. The molecule has 30 heavy (non-hydrogen) atoms. The molecule has 1 aliphatic rings. The summed E-state index contributed by atoms with van der Waals surface area (Å²) in [6, 6.07) is 4.29. The second-order valence-electron chi connectivity index (χ2n) is 7.66. The number of hydrogen-bond donors (Lipinski definition) is 0. The number of piperidine rings is 1. The zero-order chi connectivity index (χ0) is 21.7. The van der Waals surface area contributed by atoms with E-state index in [0.29, 0.717) is 24.9 Å². The topological polar surface area (TPSA) is 75.6 Å². The number of rotatable bonds is 8. The van der Waals surface area contributed by atoms with Gasteiger partial charge in [0.05, 0.1) is 0 Å². The summed E-state index contributed by atoms with van der Waals surface area (Å²) in [7, 11) is -1.52. The minimum Gasteiger partial charge on any atom is -0.492 e. The van der Waals surface area contributed by atoms with Crippen molar-refractivity contribution in [2.24, 2.45) is 0 Å². The van der Waals surface area contributed by atoms with Gasteiger partial charge in [-0.05, 0) is 44.0 Å². The van der Waals surface area contributed by atoms with Crippen LogP contribution in [0.4, 0.5) is 10.3 Å². The standard InChI is InChI=1S/C21H29FN4O3S/c1-4-16-14-23-21(24-15-16)26-9-7-17(8-10-26)25(2)11-12-29-18-5-6-20(19(22)13-18)30(3,27)28/h5-6,13-15,17H,4,7-12H2,1-3H3. The Bertz CT molecular complexity index is 945. The molecule has 0 saturated carbocycles. The summed E-state index contributed by atoms with van der Waals surface area (Å²) in [4.78, 5) is 13.1. The highest BCUT2D eigenvalue weighted by molar-refractivity contribution is 7.90. The Hall–Kier alpha value is -2.26. The van der Waals surface area contributed by atoms with Crippen LogP contribution in [0.5, 0.6) is 5.75 Å². The molecule has 1 fully saturated rings. The van der Waals surface area contributed by atoms with Crippen LogP contribution in [0.15, 0.2) is 35.5 Å². The van der Waals surface area contributed by atoms with Crippen molar-refractivity contribution in [2.45, 2.75) is 37.1 Å². The Labute approximate surface area is 177 Å². The number of aromatic nitrogens is 2. The van der Waals surface area contributed by atoms with E-state index >= 15 is 0 Å². The Morgan fingerprint density at radius 3 is 2.47 bits per heavy atom. The first-order valence-electron chi connectivity index (χ1n) is 10.2. The molecule has 0 radical (unpaired) electrons. The summed E-state index contributed by atoms with van der Waals surface area (Å²) < 4.78 is 42.6. The van der Waals surface area contributed by atoms with Crippen molar-refractivity contribution in [1.82, 2.24) is 14.9 Å². The van der Waals surface area contributed by atoms with Crippen LogP contribution in [-0.2, 0) is 16.3 Å². The van der Waals surface area contributed by atoms with E-state index in [1.807, 2.05) is 12.4 Å². The van der Waals surface area contributed by atoms with Crippen molar-refractivity contribution in [3.05, 3.63) is 42.0 Å². The molecule has 2 heterocycles. The molecule has 0 N–H and O–H groups in total. The highest BCUT2D eigenvalue weighted by Gasteiger charge is 2.23. The van der Waals surface area contributed by atoms with E-state index in [1.165, 1.54) is 12.1 Å². The lowest BCUT2D eigenvalue weighted by atomic mass is 10.0. The number of nitrogens with zero attached hydrogens (tertiary/aromatic N) is 4. The SMILES string of the molecule is CCc1cnc(N2CCC(N(C)CCOc3ccc(S(C)(=O)=O)c(F)c3)CC2)nc1. The fourth-order valence-electron chi connectivity index (χ4n) is 3.56. The molecule has 0 bridgehead atoms. The molecular formula is C21H29FN4O3S. The third-order valence-electron chi connectivity index (χ3n) is 5.49. The van der Waals surface area contributed by atoms with Gasteiger partial charge in [0.1, 0.15) is 23.1 Å². The molecule has 0 aliphatic carbocycles. The van der Waals surface area contributed by atoms with Gasteiger partial charge in [-0.1, -0.05) is 6.92 Å². The van der Waals surface area contributed by atoms with Crippen LogP contribution in [0.3, 0.4) is 0 Å². The van der Waals surface area contributed by atoms with E-state index < -0.39 is 15.7 Å². The highest BCUT2D eigenvalue weighted by Crippen LogP contribution is 2.21. The van der Waals surface area contributed by atoms with E-state index in [-0.39, 0.29) is 4.90 Å². The van der Waals surface area contributed by atoms with Gasteiger partial charge >= 0.3 is 0 Å². The summed E-state index contributed by atoms with van der Waals surface area (Å²) in [5.41, 5.74) is 1.14. The smallest absolute Gasteiger partial charge is 0.225 e. The largest absolute Gasteiger partial charge is 0.492 e. The van der Waals surface area contributed by atoms with Gasteiger partial charge in [-0.15, -0.1) is 0 Å². The first-order chi connectivity index (χ1) is 14.3. The normalized spacial score (nSPS) is 15.6. The summed E-state index contributed by atoms with van der Waals surface area (Å²) in [5.74, 6) is 0.330. The molecule has 1 aliphatic heterocycles. The number of sulfone groups is 1. The summed E-state index contributed by atoms with van der Waals surface area (Å²) in [6.45, 7) is 4.99. The van der Waals surface area contributed by atoms with Crippen molar-refractivity contribution >= 4 is 15.8 Å². The van der Waals surface area contributed by atoms with Crippen molar-refractivity contribution in [1.29, 1.82) is 0 Å². The maximum atomic E-state index is 14.0. The predicted octanol–water partition coefficient (Wildman–Crippen LogP) is 2.56. The lowest BCUT2D eigenvalue weighted by molar-refractivity contribution is 0.170. The van der Waals surface area contributed by atoms with Gasteiger partial charge in [0.25, 0.3) is 0 Å². The molecule has 7 nitrogen and oxygen atoms in total. The van der Waals surface area contributed by atoms with Crippen LogP contribution in [0.1, 0.15) is 25.3 Å². The highest BCUT2D eigenvalue weighted by atomic mass is 32.2. The van der Waals surface area contributed by atoms with Crippen LogP contribution in [-0.4, -0.2) is 68.9 Å². The number of likely N-dealkylation sites (N-methyl/N-ethyl adjacent to an activating group) is 1. The number of hydrogen-bond acceptors (Lipinski definition) is 7. The second kappa shape index (κ2) is 9.70. The summed E-state index contributed by atoms with van der Waals surface area (Å²) in [6.07, 6.45) is 7.72. The number of aryl methyl sites for hydroxylation is 1. The van der Waals surface area contributed by atoms with E-state index in [0.717, 1.165) is 56.2 Å². The van der Waals surface area contributed by atoms with Crippen molar-refractivity contribution in [3.63, 3.8) is 0 Å². The van der Waals surface area contributed by atoms with E-state index in [4.69, 9.17) is 4.74 Å². The van der Waals surface area contributed by atoms with Crippen molar-refractivity contribution < 1.29 is 17.5 Å². The number of ether oxygens (including phenoxy) is 1. The molecule has 0 amide bonds. The first kappa shape index (κ1) is 22.4. The van der Waals surface area contributed by atoms with Gasteiger partial charge in [-0.2, -0.15) is 0 Å². The molecule has 2 aromatic rings. The summed E-state index contributed by atoms with van der Waals surface area (Å²) in [5, 5.41) is 0. The van der Waals surface area contributed by atoms with Crippen LogP contribution >= 0.6 is 0 Å². The molecule has 0 atom stereocenters. The lowest BCUT2D eigenvalue weighted by Gasteiger charge is -2.36. The number of anilines is 1. The van der Waals surface area contributed by atoms with Crippen LogP contribution in [0.25, 0.3) is 0 Å². The Morgan fingerprint density at radius 2 is 1.90 bits per heavy atom. The zero-order valence-electron chi connectivity index (χ0n) is 17.7. The third-order valence-corrected chi connectivity index (χ3v) is 6.62. The van der Waals surface area contributed by atoms with Gasteiger partial charge in [-0.25, -0.2) is 22.8 Å². The first-order valence-corrected chi connectivity index (χ1v) is 12.1. The minimum absolute atomic E-state index is 0.313. The third kappa shape index (κ3) is 5.66. The molecule has 9 heteroatoms. The average molecular weight is 437 g/mol. The number of halogens is 1. The van der Waals surface area contributed by atoms with E-state index in [1.54, 1.807) is 0 Å². The maximum absolute atomic E-state index is 14.0. The molecule has 1 saturated heterocycles. The van der Waals surface area contributed by atoms with Gasteiger partial charge in [0.2, 0.25) is 5.95 Å². The molecule has 3 rings (SSSR count). The maximum Gasteiger partial charge on any atom is 0.225 e.